The summed E-state index contributed by atoms with van der Waals surface area (Å²) >= 11 is 0. The summed E-state index contributed by atoms with van der Waals surface area (Å²) < 4.78 is 1.77. The van der Waals surface area contributed by atoms with Crippen molar-refractivity contribution in [3.05, 3.63) is 54.0 Å². The van der Waals surface area contributed by atoms with Gasteiger partial charge in [-0.3, -0.25) is 9.48 Å². The van der Waals surface area contributed by atoms with Crippen molar-refractivity contribution in [2.75, 3.05) is 0 Å². The lowest BCUT2D eigenvalue weighted by molar-refractivity contribution is -0.122. The summed E-state index contributed by atoms with van der Waals surface area (Å²) in [6.07, 6.45) is 6.99. The van der Waals surface area contributed by atoms with E-state index < -0.39 is 0 Å². The number of hydrogen-bond donors (Lipinski definition) is 2. The molecule has 2 N–H and O–H groups in total. The largest absolute Gasteiger partial charge is 0.361 e. The van der Waals surface area contributed by atoms with Gasteiger partial charge in [0.05, 0.1) is 12.2 Å². The second-order valence-electron chi connectivity index (χ2n) is 7.67. The molecule has 25 heavy (non-hydrogen) atoms. The van der Waals surface area contributed by atoms with E-state index in [0.29, 0.717) is 6.42 Å². The smallest absolute Gasteiger partial charge is 0.220 e. The van der Waals surface area contributed by atoms with Gasteiger partial charge in [-0.05, 0) is 23.5 Å². The van der Waals surface area contributed by atoms with Crippen LogP contribution in [0, 0.1) is 5.41 Å². The quantitative estimate of drug-likeness (QED) is 0.744. The molecule has 2 heterocycles. The number of carbonyl (C=O) groups excluding carboxylic acids is 1. The van der Waals surface area contributed by atoms with Crippen LogP contribution in [0.3, 0.4) is 0 Å². The molecule has 0 aliphatic rings. The highest BCUT2D eigenvalue weighted by molar-refractivity contribution is 5.84. The number of H-pyrrole nitrogens is 1. The first-order valence-corrected chi connectivity index (χ1v) is 8.67. The van der Waals surface area contributed by atoms with Gasteiger partial charge in [0.1, 0.15) is 0 Å². The van der Waals surface area contributed by atoms with Crippen molar-refractivity contribution in [2.45, 2.75) is 39.7 Å². The molecule has 1 atom stereocenters. The molecule has 2 aromatic heterocycles. The molecule has 5 nitrogen and oxygen atoms in total. The number of fused-ring (bicyclic) bond motifs is 1. The number of aryl methyl sites for hydroxylation is 2. The van der Waals surface area contributed by atoms with Crippen molar-refractivity contribution in [1.29, 1.82) is 0 Å². The molecule has 0 radical (unpaired) electrons. The zero-order chi connectivity index (χ0) is 18.0. The topological polar surface area (TPSA) is 62.7 Å². The van der Waals surface area contributed by atoms with Crippen molar-refractivity contribution in [1.82, 2.24) is 20.1 Å². The zero-order valence-electron chi connectivity index (χ0n) is 15.3. The summed E-state index contributed by atoms with van der Waals surface area (Å²) in [7, 11) is 1.89. The van der Waals surface area contributed by atoms with Crippen LogP contribution in [-0.4, -0.2) is 20.7 Å². The number of nitrogens with one attached hydrogen (secondary N) is 2. The Morgan fingerprint density at radius 1 is 1.32 bits per heavy atom. The van der Waals surface area contributed by atoms with Crippen LogP contribution in [0.1, 0.15) is 44.4 Å². The Kier molecular flexibility index (Phi) is 4.66. The number of aromatic amines is 1. The number of benzene rings is 1. The summed E-state index contributed by atoms with van der Waals surface area (Å²) in [5, 5.41) is 8.62. The molecule has 0 aliphatic heterocycles. The first kappa shape index (κ1) is 17.3. The molecule has 0 aliphatic carbocycles. The van der Waals surface area contributed by atoms with Gasteiger partial charge >= 0.3 is 0 Å². The van der Waals surface area contributed by atoms with Gasteiger partial charge in [0, 0.05) is 42.3 Å². The Hall–Kier alpha value is -2.56. The third-order valence-electron chi connectivity index (χ3n) is 4.53. The minimum atomic E-state index is -0.0839. The first-order chi connectivity index (χ1) is 11.8. The SMILES string of the molecule is Cn1cc([C@@H](NC(=O)CCc2c[nH]c3ccccc23)C(C)(C)C)cn1. The average molecular weight is 338 g/mol. The molecule has 1 amide bonds. The van der Waals surface area contributed by atoms with Gasteiger partial charge < -0.3 is 10.3 Å². The van der Waals surface area contributed by atoms with E-state index in [1.807, 2.05) is 37.8 Å². The maximum Gasteiger partial charge on any atom is 0.220 e. The highest BCUT2D eigenvalue weighted by Crippen LogP contribution is 2.32. The van der Waals surface area contributed by atoms with Crippen LogP contribution < -0.4 is 5.32 Å². The summed E-state index contributed by atoms with van der Waals surface area (Å²) in [6.45, 7) is 6.39. The Labute approximate surface area is 148 Å². The number of rotatable bonds is 5. The van der Waals surface area contributed by atoms with Crippen LogP contribution in [0.5, 0.6) is 0 Å². The van der Waals surface area contributed by atoms with Crippen molar-refractivity contribution in [3.63, 3.8) is 0 Å². The fourth-order valence-electron chi connectivity index (χ4n) is 3.21. The molecule has 0 saturated heterocycles. The van der Waals surface area contributed by atoms with Crippen molar-refractivity contribution in [2.24, 2.45) is 12.5 Å². The average Bonchev–Trinajstić information content (AvgIpc) is 3.16. The summed E-state index contributed by atoms with van der Waals surface area (Å²) in [5.41, 5.74) is 3.25. The lowest BCUT2D eigenvalue weighted by Crippen LogP contribution is -2.36. The number of carbonyl (C=O) groups is 1. The third kappa shape index (κ3) is 3.92. The van der Waals surface area contributed by atoms with Crippen LogP contribution in [0.2, 0.25) is 0 Å². The molecule has 3 aromatic rings. The molecule has 0 fully saturated rings. The van der Waals surface area contributed by atoms with E-state index in [2.05, 4.69) is 48.3 Å². The molecule has 0 spiro atoms. The highest BCUT2D eigenvalue weighted by Gasteiger charge is 2.28. The number of aromatic nitrogens is 3. The highest BCUT2D eigenvalue weighted by atomic mass is 16.1. The maximum absolute atomic E-state index is 12.6. The Balaban J connectivity index is 1.68. The minimum absolute atomic E-state index is 0.0586. The molecule has 132 valence electrons. The van der Waals surface area contributed by atoms with Gasteiger partial charge in [-0.25, -0.2) is 0 Å². The standard InChI is InChI=1S/C20H26N4O/c1-20(2,3)19(15-12-22-24(4)13-15)23-18(25)10-9-14-11-21-17-8-6-5-7-16(14)17/h5-8,11-13,19,21H,9-10H2,1-4H3,(H,23,25)/t19-/m1/s1. The van der Waals surface area contributed by atoms with Crippen LogP contribution in [0.15, 0.2) is 42.9 Å². The van der Waals surface area contributed by atoms with E-state index in [1.54, 1.807) is 4.68 Å². The van der Waals surface area contributed by atoms with E-state index in [9.17, 15) is 4.79 Å². The van der Waals surface area contributed by atoms with E-state index in [-0.39, 0.29) is 17.4 Å². The lowest BCUT2D eigenvalue weighted by atomic mass is 9.83. The van der Waals surface area contributed by atoms with E-state index in [4.69, 9.17) is 0 Å². The summed E-state index contributed by atoms with van der Waals surface area (Å²) in [4.78, 5) is 15.8. The molecule has 5 heteroatoms. The van der Waals surface area contributed by atoms with Crippen LogP contribution in [-0.2, 0) is 18.3 Å². The second-order valence-corrected chi connectivity index (χ2v) is 7.67. The molecule has 0 unspecified atom stereocenters. The predicted molar refractivity (Wildman–Crippen MR) is 100 cm³/mol. The van der Waals surface area contributed by atoms with Gasteiger partial charge in [0.2, 0.25) is 5.91 Å². The normalized spacial score (nSPS) is 13.1. The second kappa shape index (κ2) is 6.75. The summed E-state index contributed by atoms with van der Waals surface area (Å²) in [6, 6.07) is 8.12. The van der Waals surface area contributed by atoms with E-state index in [0.717, 1.165) is 17.5 Å². The van der Waals surface area contributed by atoms with Gasteiger partial charge in [-0.2, -0.15) is 5.10 Å². The number of para-hydroxylation sites is 1. The minimum Gasteiger partial charge on any atom is -0.361 e. The number of nitrogens with zero attached hydrogens (tertiary/aromatic N) is 2. The fraction of sp³-hybridized carbons (Fsp3) is 0.400. The first-order valence-electron chi connectivity index (χ1n) is 8.67. The third-order valence-corrected chi connectivity index (χ3v) is 4.53. The number of amides is 1. The molecule has 0 bridgehead atoms. The van der Waals surface area contributed by atoms with Gasteiger partial charge in [0.15, 0.2) is 0 Å². The van der Waals surface area contributed by atoms with Gasteiger partial charge in [-0.1, -0.05) is 39.0 Å². The van der Waals surface area contributed by atoms with Crippen LogP contribution >= 0.6 is 0 Å². The maximum atomic E-state index is 12.6. The Morgan fingerprint density at radius 2 is 2.08 bits per heavy atom. The zero-order valence-corrected chi connectivity index (χ0v) is 15.3. The van der Waals surface area contributed by atoms with Crippen LogP contribution in [0.4, 0.5) is 0 Å². The van der Waals surface area contributed by atoms with E-state index >= 15 is 0 Å². The monoisotopic (exact) mass is 338 g/mol. The molecule has 0 saturated carbocycles. The van der Waals surface area contributed by atoms with Crippen molar-refractivity contribution >= 4 is 16.8 Å². The molecule has 3 rings (SSSR count). The van der Waals surface area contributed by atoms with E-state index in [1.165, 1.54) is 10.9 Å². The number of hydrogen-bond acceptors (Lipinski definition) is 2. The Morgan fingerprint density at radius 3 is 2.76 bits per heavy atom. The van der Waals surface area contributed by atoms with Gasteiger partial charge in [0.25, 0.3) is 0 Å². The fourth-order valence-corrected chi connectivity index (χ4v) is 3.21. The van der Waals surface area contributed by atoms with Crippen molar-refractivity contribution in [3.8, 4) is 0 Å². The van der Waals surface area contributed by atoms with Crippen LogP contribution in [0.25, 0.3) is 10.9 Å². The van der Waals surface area contributed by atoms with Gasteiger partial charge in [-0.15, -0.1) is 0 Å². The predicted octanol–water partition coefficient (Wildman–Crippen LogP) is 3.74. The van der Waals surface area contributed by atoms with Crippen molar-refractivity contribution < 1.29 is 4.79 Å². The molecular formula is C20H26N4O. The summed E-state index contributed by atoms with van der Waals surface area (Å²) in [5.74, 6) is 0.0639. The molecular weight excluding hydrogens is 312 g/mol. The molecule has 1 aromatic carbocycles. The Bertz CT molecular complexity index is 869. The lowest BCUT2D eigenvalue weighted by Gasteiger charge is -2.30.